The summed E-state index contributed by atoms with van der Waals surface area (Å²) in [7, 11) is 0. The lowest BCUT2D eigenvalue weighted by atomic mass is 10.1. The van der Waals surface area contributed by atoms with E-state index in [1.165, 1.54) is 0 Å². The molecule has 0 fully saturated rings. The van der Waals surface area contributed by atoms with Crippen LogP contribution in [0, 0.1) is 13.8 Å². The van der Waals surface area contributed by atoms with Crippen LogP contribution in [-0.2, 0) is 23.9 Å². The number of hydrogen-bond donors (Lipinski definition) is 1. The van der Waals surface area contributed by atoms with Crippen LogP contribution in [-0.4, -0.2) is 38.7 Å². The molecule has 1 aliphatic rings. The van der Waals surface area contributed by atoms with Gasteiger partial charge in [0.1, 0.15) is 13.2 Å². The first-order valence-electron chi connectivity index (χ1n) is 9.17. The maximum absolute atomic E-state index is 12.9. The molecule has 0 radical (unpaired) electrons. The number of aromatic nitrogens is 4. The molecule has 0 saturated carbocycles. The molecule has 0 saturated heterocycles. The molecule has 4 rings (SSSR count). The van der Waals surface area contributed by atoms with E-state index in [-0.39, 0.29) is 24.7 Å². The molecule has 0 atom stereocenters. The van der Waals surface area contributed by atoms with Crippen molar-refractivity contribution in [2.45, 2.75) is 33.0 Å². The predicted molar refractivity (Wildman–Crippen MR) is 98.2 cm³/mol. The lowest BCUT2D eigenvalue weighted by molar-refractivity contribution is -0.144. The Kier molecular flexibility index (Phi) is 4.96. The number of rotatable bonds is 4. The molecule has 2 aromatic heterocycles. The van der Waals surface area contributed by atoms with Crippen LogP contribution in [0.15, 0.2) is 18.2 Å². The number of carbonyl (C=O) groups excluding carboxylic acids is 1. The molecule has 158 valence electrons. The monoisotopic (exact) mass is 421 g/mol. The number of nitrogens with one attached hydrogen (secondary N) is 1. The van der Waals surface area contributed by atoms with E-state index >= 15 is 0 Å². The van der Waals surface area contributed by atoms with Crippen molar-refractivity contribution in [3.8, 4) is 11.5 Å². The molecule has 11 heteroatoms. The Balaban J connectivity index is 1.49. The number of alkyl halides is 3. The maximum Gasteiger partial charge on any atom is 0.453 e. The van der Waals surface area contributed by atoms with Gasteiger partial charge in [0.25, 0.3) is 11.6 Å². The standard InChI is InChI=1S/C19H18F3N5O3/c1-10-13(11(2)27-18(24-10)25-17(26-27)19(20,21)22)8-16(28)23-9-12-3-4-14-15(7-12)30-6-5-29-14/h3-4,7H,5-6,8-9H2,1-2H3,(H,23,28). The summed E-state index contributed by atoms with van der Waals surface area (Å²) in [6, 6.07) is 5.41. The van der Waals surface area contributed by atoms with E-state index in [1.54, 1.807) is 26.0 Å². The van der Waals surface area contributed by atoms with Crippen LogP contribution >= 0.6 is 0 Å². The maximum atomic E-state index is 12.9. The predicted octanol–water partition coefficient (Wildman–Crippen LogP) is 2.39. The average molecular weight is 421 g/mol. The van der Waals surface area contributed by atoms with Gasteiger partial charge >= 0.3 is 6.18 Å². The van der Waals surface area contributed by atoms with Gasteiger partial charge in [-0.3, -0.25) is 4.79 Å². The second-order valence-corrected chi connectivity index (χ2v) is 6.84. The van der Waals surface area contributed by atoms with E-state index in [2.05, 4.69) is 20.4 Å². The van der Waals surface area contributed by atoms with E-state index in [9.17, 15) is 18.0 Å². The highest BCUT2D eigenvalue weighted by Gasteiger charge is 2.37. The van der Waals surface area contributed by atoms with Gasteiger partial charge < -0.3 is 14.8 Å². The van der Waals surface area contributed by atoms with Gasteiger partial charge in [-0.25, -0.2) is 9.50 Å². The van der Waals surface area contributed by atoms with Crippen molar-refractivity contribution < 1.29 is 27.4 Å². The van der Waals surface area contributed by atoms with E-state index in [0.29, 0.717) is 41.7 Å². The number of benzene rings is 1. The Morgan fingerprint density at radius 3 is 2.63 bits per heavy atom. The van der Waals surface area contributed by atoms with Gasteiger partial charge in [-0.2, -0.15) is 18.2 Å². The van der Waals surface area contributed by atoms with Crippen LogP contribution in [0.5, 0.6) is 11.5 Å². The molecular formula is C19H18F3N5O3. The molecular weight excluding hydrogens is 403 g/mol. The van der Waals surface area contributed by atoms with Crippen molar-refractivity contribution in [3.63, 3.8) is 0 Å². The fourth-order valence-corrected chi connectivity index (χ4v) is 3.21. The Hall–Kier alpha value is -3.37. The first-order chi connectivity index (χ1) is 14.2. The first kappa shape index (κ1) is 19.9. The van der Waals surface area contributed by atoms with Crippen molar-refractivity contribution in [2.24, 2.45) is 0 Å². The Labute approximate surface area is 169 Å². The number of fused-ring (bicyclic) bond motifs is 2. The van der Waals surface area contributed by atoms with Crippen molar-refractivity contribution in [2.75, 3.05) is 13.2 Å². The SMILES string of the molecule is Cc1nc2nc(C(F)(F)F)nn2c(C)c1CC(=O)NCc1ccc2c(c1)OCCO2. The smallest absolute Gasteiger partial charge is 0.453 e. The molecule has 8 nitrogen and oxygen atoms in total. The molecule has 0 bridgehead atoms. The van der Waals surface area contributed by atoms with E-state index in [4.69, 9.17) is 9.47 Å². The molecule has 1 amide bonds. The lowest BCUT2D eigenvalue weighted by Crippen LogP contribution is -2.26. The zero-order valence-corrected chi connectivity index (χ0v) is 16.2. The number of hydrogen-bond acceptors (Lipinski definition) is 6. The fraction of sp³-hybridized carbons (Fsp3) is 0.368. The minimum Gasteiger partial charge on any atom is -0.486 e. The van der Waals surface area contributed by atoms with E-state index < -0.39 is 12.0 Å². The Bertz CT molecular complexity index is 1130. The molecule has 3 heterocycles. The summed E-state index contributed by atoms with van der Waals surface area (Å²) < 4.78 is 50.7. The highest BCUT2D eigenvalue weighted by Crippen LogP contribution is 2.30. The van der Waals surface area contributed by atoms with Gasteiger partial charge in [-0.15, -0.1) is 5.10 Å². The van der Waals surface area contributed by atoms with Crippen LogP contribution in [0.2, 0.25) is 0 Å². The Morgan fingerprint density at radius 2 is 1.90 bits per heavy atom. The van der Waals surface area contributed by atoms with Gasteiger partial charge in [0.2, 0.25) is 5.91 Å². The van der Waals surface area contributed by atoms with Crippen LogP contribution in [0.25, 0.3) is 5.78 Å². The van der Waals surface area contributed by atoms with E-state index in [1.807, 2.05) is 6.07 Å². The summed E-state index contributed by atoms with van der Waals surface area (Å²) in [4.78, 5) is 20.0. The summed E-state index contributed by atoms with van der Waals surface area (Å²) in [5.74, 6) is -0.433. The average Bonchev–Trinajstić information content (AvgIpc) is 3.14. The minimum absolute atomic E-state index is 0.0492. The summed E-state index contributed by atoms with van der Waals surface area (Å²) in [6.07, 6.45) is -4.72. The number of carbonyl (C=O) groups is 1. The van der Waals surface area contributed by atoms with Crippen LogP contribution in [0.3, 0.4) is 0 Å². The highest BCUT2D eigenvalue weighted by molar-refractivity contribution is 5.79. The van der Waals surface area contributed by atoms with Gasteiger partial charge in [0.15, 0.2) is 11.5 Å². The van der Waals surface area contributed by atoms with Gasteiger partial charge in [0.05, 0.1) is 6.42 Å². The van der Waals surface area contributed by atoms with Crippen molar-refractivity contribution in [1.82, 2.24) is 24.9 Å². The van der Waals surface area contributed by atoms with Crippen molar-refractivity contribution >= 4 is 11.7 Å². The molecule has 0 aliphatic carbocycles. The molecule has 1 N–H and O–H groups in total. The van der Waals surface area contributed by atoms with Gasteiger partial charge in [-0.05, 0) is 31.5 Å². The van der Waals surface area contributed by atoms with Crippen LogP contribution in [0.1, 0.15) is 28.3 Å². The Morgan fingerprint density at radius 1 is 1.17 bits per heavy atom. The summed E-state index contributed by atoms with van der Waals surface area (Å²) in [5, 5.41) is 6.29. The molecule has 0 spiro atoms. The number of aryl methyl sites for hydroxylation is 2. The lowest BCUT2D eigenvalue weighted by Gasteiger charge is -2.19. The number of amides is 1. The molecule has 1 aromatic carbocycles. The third kappa shape index (κ3) is 3.87. The summed E-state index contributed by atoms with van der Waals surface area (Å²) in [5.41, 5.74) is 2.15. The zero-order valence-electron chi connectivity index (χ0n) is 16.2. The first-order valence-corrected chi connectivity index (χ1v) is 9.17. The van der Waals surface area contributed by atoms with Gasteiger partial charge in [0, 0.05) is 23.5 Å². The van der Waals surface area contributed by atoms with E-state index in [0.717, 1.165) is 10.1 Å². The normalized spacial score (nSPS) is 13.5. The highest BCUT2D eigenvalue weighted by atomic mass is 19.4. The molecule has 1 aliphatic heterocycles. The third-order valence-electron chi connectivity index (χ3n) is 4.74. The largest absolute Gasteiger partial charge is 0.486 e. The topological polar surface area (TPSA) is 90.6 Å². The summed E-state index contributed by atoms with van der Waals surface area (Å²) in [6.45, 7) is 4.44. The molecule has 0 unspecified atom stereocenters. The fourth-order valence-electron chi connectivity index (χ4n) is 3.21. The summed E-state index contributed by atoms with van der Waals surface area (Å²) >= 11 is 0. The number of ether oxygens (including phenoxy) is 2. The molecule has 3 aromatic rings. The van der Waals surface area contributed by atoms with Crippen molar-refractivity contribution in [1.29, 1.82) is 0 Å². The minimum atomic E-state index is -4.67. The zero-order chi connectivity index (χ0) is 21.5. The quantitative estimate of drug-likeness (QED) is 0.696. The second kappa shape index (κ2) is 7.47. The number of nitrogens with zero attached hydrogens (tertiary/aromatic N) is 4. The second-order valence-electron chi connectivity index (χ2n) is 6.84. The number of halogens is 3. The molecule has 30 heavy (non-hydrogen) atoms. The van der Waals surface area contributed by atoms with Crippen LogP contribution < -0.4 is 14.8 Å². The third-order valence-corrected chi connectivity index (χ3v) is 4.74. The van der Waals surface area contributed by atoms with Crippen LogP contribution in [0.4, 0.5) is 13.2 Å². The van der Waals surface area contributed by atoms with Gasteiger partial charge in [-0.1, -0.05) is 6.07 Å². The van der Waals surface area contributed by atoms with Crippen molar-refractivity contribution in [3.05, 3.63) is 46.5 Å².